The predicted octanol–water partition coefficient (Wildman–Crippen LogP) is 4.22. The van der Waals surface area contributed by atoms with Crippen molar-refractivity contribution >= 4 is 34.4 Å². The Morgan fingerprint density at radius 2 is 2.00 bits per heavy atom. The van der Waals surface area contributed by atoms with Crippen molar-refractivity contribution in [1.29, 1.82) is 0 Å². The van der Waals surface area contributed by atoms with E-state index in [2.05, 4.69) is 20.6 Å². The molecule has 0 aliphatic carbocycles. The normalized spacial score (nSPS) is 11.2. The molecule has 0 atom stereocenters. The number of rotatable bonds is 4. The highest BCUT2D eigenvalue weighted by atomic mass is 35.5. The minimum Gasteiger partial charge on any atom is -0.308 e. The monoisotopic (exact) mass is 319 g/mol. The average molecular weight is 320 g/mol. The van der Waals surface area contributed by atoms with Gasteiger partial charge in [-0.15, -0.1) is 11.6 Å². The van der Waals surface area contributed by atoms with Gasteiger partial charge in [-0.2, -0.15) is 0 Å². The minimum atomic E-state index is 0.540. The molecule has 0 N–H and O–H groups in total. The number of hydrogen-bond acceptors (Lipinski definition) is 2. The van der Waals surface area contributed by atoms with E-state index < -0.39 is 0 Å². The third-order valence-electron chi connectivity index (χ3n) is 3.36. The van der Waals surface area contributed by atoms with Crippen LogP contribution in [0, 0.1) is 6.92 Å². The van der Waals surface area contributed by atoms with Crippen molar-refractivity contribution in [3.05, 3.63) is 58.5 Å². The Morgan fingerprint density at radius 3 is 2.76 bits per heavy atom. The second-order valence-electron chi connectivity index (χ2n) is 4.98. The van der Waals surface area contributed by atoms with Gasteiger partial charge in [0.15, 0.2) is 5.65 Å². The van der Waals surface area contributed by atoms with Crippen LogP contribution in [0.4, 0.5) is 0 Å². The molecule has 0 amide bonds. The first kappa shape index (κ1) is 14.4. The first-order chi connectivity index (χ1) is 10.2. The third kappa shape index (κ3) is 3.04. The van der Waals surface area contributed by atoms with E-state index >= 15 is 0 Å². The Kier molecular flexibility index (Phi) is 4.13. The van der Waals surface area contributed by atoms with Crippen molar-refractivity contribution in [3.8, 4) is 0 Å². The zero-order chi connectivity index (χ0) is 14.8. The molecule has 0 fully saturated rings. The number of nitrogens with zero attached hydrogens (tertiary/aromatic N) is 3. The maximum absolute atomic E-state index is 6.07. The van der Waals surface area contributed by atoms with Crippen LogP contribution in [0.3, 0.4) is 0 Å². The van der Waals surface area contributed by atoms with Crippen LogP contribution in [-0.2, 0) is 13.0 Å². The Hall–Kier alpha value is -1.58. The lowest BCUT2D eigenvalue weighted by Crippen LogP contribution is -2.07. The quantitative estimate of drug-likeness (QED) is 0.674. The van der Waals surface area contributed by atoms with E-state index in [1.165, 1.54) is 0 Å². The summed E-state index contributed by atoms with van der Waals surface area (Å²) < 4.78 is 2.12. The fourth-order valence-electron chi connectivity index (χ4n) is 2.40. The second kappa shape index (κ2) is 6.04. The smallest absolute Gasteiger partial charge is 0.160 e. The molecule has 0 spiro atoms. The zero-order valence-electron chi connectivity index (χ0n) is 11.7. The number of pyridine rings is 1. The number of aromatic nitrogens is 3. The molecule has 3 rings (SSSR count). The number of aryl methyl sites for hydroxylation is 2. The van der Waals surface area contributed by atoms with Crippen molar-refractivity contribution in [2.24, 2.45) is 0 Å². The van der Waals surface area contributed by atoms with Crippen LogP contribution in [0.15, 0.2) is 36.4 Å². The van der Waals surface area contributed by atoms with Gasteiger partial charge in [0.1, 0.15) is 11.3 Å². The molecule has 0 saturated carbocycles. The zero-order valence-corrected chi connectivity index (χ0v) is 13.2. The van der Waals surface area contributed by atoms with E-state index in [9.17, 15) is 0 Å². The summed E-state index contributed by atoms with van der Waals surface area (Å²) in [6.45, 7) is 2.68. The molecule has 0 unspecified atom stereocenters. The van der Waals surface area contributed by atoms with Crippen molar-refractivity contribution in [2.75, 3.05) is 5.88 Å². The summed E-state index contributed by atoms with van der Waals surface area (Å²) in [7, 11) is 0. The molecule has 0 aliphatic rings. The van der Waals surface area contributed by atoms with Gasteiger partial charge in [0.25, 0.3) is 0 Å². The molecule has 108 valence electrons. The topological polar surface area (TPSA) is 30.7 Å². The summed E-state index contributed by atoms with van der Waals surface area (Å²) >= 11 is 12.0. The number of fused-ring (bicyclic) bond motifs is 1. The number of hydrogen-bond donors (Lipinski definition) is 0. The Labute approximate surface area is 133 Å². The van der Waals surface area contributed by atoms with E-state index in [0.29, 0.717) is 12.4 Å². The summed E-state index contributed by atoms with van der Waals surface area (Å²) in [5.74, 6) is 1.50. The molecule has 2 heterocycles. The first-order valence-corrected chi connectivity index (χ1v) is 7.72. The van der Waals surface area contributed by atoms with E-state index in [0.717, 1.165) is 39.7 Å². The summed E-state index contributed by atoms with van der Waals surface area (Å²) in [5.41, 5.74) is 3.91. The molecular weight excluding hydrogens is 305 g/mol. The molecule has 5 heteroatoms. The lowest BCUT2D eigenvalue weighted by Gasteiger charge is -2.08. The highest BCUT2D eigenvalue weighted by Crippen LogP contribution is 2.19. The number of alkyl halides is 1. The van der Waals surface area contributed by atoms with Gasteiger partial charge in [0.05, 0.1) is 6.54 Å². The number of halogens is 2. The summed E-state index contributed by atoms with van der Waals surface area (Å²) in [5, 5.41) is 0.736. The third-order valence-corrected chi connectivity index (χ3v) is 3.78. The van der Waals surface area contributed by atoms with Crippen LogP contribution in [0.25, 0.3) is 11.2 Å². The van der Waals surface area contributed by atoms with Gasteiger partial charge < -0.3 is 4.57 Å². The van der Waals surface area contributed by atoms with E-state index in [4.69, 9.17) is 23.2 Å². The van der Waals surface area contributed by atoms with Crippen LogP contribution in [-0.4, -0.2) is 20.4 Å². The van der Waals surface area contributed by atoms with Gasteiger partial charge >= 0.3 is 0 Å². The number of imidazole rings is 1. The van der Waals surface area contributed by atoms with Gasteiger partial charge in [-0.25, -0.2) is 9.97 Å². The van der Waals surface area contributed by atoms with E-state index in [-0.39, 0.29) is 0 Å². The standard InChI is InChI=1S/C16H15Cl2N3/c1-11-5-6-14-16(19-11)21(15(20-14)7-8-17)10-12-3-2-4-13(18)9-12/h2-6,9H,7-8,10H2,1H3. The molecule has 1 aromatic carbocycles. The Morgan fingerprint density at radius 1 is 1.14 bits per heavy atom. The molecule has 21 heavy (non-hydrogen) atoms. The lowest BCUT2D eigenvalue weighted by molar-refractivity contribution is 0.747. The van der Waals surface area contributed by atoms with Gasteiger partial charge in [0.2, 0.25) is 0 Å². The van der Waals surface area contributed by atoms with E-state index in [1.807, 2.05) is 37.3 Å². The van der Waals surface area contributed by atoms with Gasteiger partial charge in [-0.3, -0.25) is 0 Å². The largest absolute Gasteiger partial charge is 0.308 e. The molecule has 2 aromatic heterocycles. The van der Waals surface area contributed by atoms with Crippen LogP contribution >= 0.6 is 23.2 Å². The number of benzene rings is 1. The van der Waals surface area contributed by atoms with Gasteiger partial charge in [-0.1, -0.05) is 23.7 Å². The molecular formula is C16H15Cl2N3. The van der Waals surface area contributed by atoms with Crippen molar-refractivity contribution in [2.45, 2.75) is 19.9 Å². The maximum Gasteiger partial charge on any atom is 0.160 e. The van der Waals surface area contributed by atoms with Crippen molar-refractivity contribution < 1.29 is 0 Å². The van der Waals surface area contributed by atoms with E-state index in [1.54, 1.807) is 0 Å². The van der Waals surface area contributed by atoms with Crippen LogP contribution in [0.2, 0.25) is 5.02 Å². The van der Waals surface area contributed by atoms with Crippen LogP contribution in [0.5, 0.6) is 0 Å². The lowest BCUT2D eigenvalue weighted by atomic mass is 10.2. The summed E-state index contributed by atoms with van der Waals surface area (Å²) in [6.07, 6.45) is 0.720. The predicted molar refractivity (Wildman–Crippen MR) is 87.2 cm³/mol. The Bertz CT molecular complexity index is 780. The fraction of sp³-hybridized carbons (Fsp3) is 0.250. The molecule has 3 aromatic rings. The molecule has 0 radical (unpaired) electrons. The van der Waals surface area contributed by atoms with Gasteiger partial charge in [0, 0.05) is 23.0 Å². The molecule has 3 nitrogen and oxygen atoms in total. The first-order valence-electron chi connectivity index (χ1n) is 6.80. The summed E-state index contributed by atoms with van der Waals surface area (Å²) in [4.78, 5) is 9.27. The van der Waals surface area contributed by atoms with Crippen LogP contribution < -0.4 is 0 Å². The highest BCUT2D eigenvalue weighted by molar-refractivity contribution is 6.30. The van der Waals surface area contributed by atoms with Crippen molar-refractivity contribution in [3.63, 3.8) is 0 Å². The fourth-order valence-corrected chi connectivity index (χ4v) is 2.78. The van der Waals surface area contributed by atoms with Crippen molar-refractivity contribution in [1.82, 2.24) is 14.5 Å². The molecule has 0 aliphatic heterocycles. The average Bonchev–Trinajstić information content (AvgIpc) is 2.77. The maximum atomic E-state index is 6.07. The van der Waals surface area contributed by atoms with Crippen LogP contribution in [0.1, 0.15) is 17.1 Å². The summed E-state index contributed by atoms with van der Waals surface area (Å²) in [6, 6.07) is 11.8. The second-order valence-corrected chi connectivity index (χ2v) is 5.79. The molecule has 0 bridgehead atoms. The minimum absolute atomic E-state index is 0.540. The highest BCUT2D eigenvalue weighted by Gasteiger charge is 2.12. The SMILES string of the molecule is Cc1ccc2nc(CCCl)n(Cc3cccc(Cl)c3)c2n1. The molecule has 0 saturated heterocycles. The Balaban J connectivity index is 2.10. The van der Waals surface area contributed by atoms with Gasteiger partial charge in [-0.05, 0) is 36.8 Å².